The lowest BCUT2D eigenvalue weighted by Gasteiger charge is -2.25. The highest BCUT2D eigenvalue weighted by atomic mass is 32.2. The van der Waals surface area contributed by atoms with Crippen LogP contribution >= 0.6 is 11.8 Å². The number of nitrogens with one attached hydrogen (secondary N) is 1. The molecule has 1 atom stereocenters. The monoisotopic (exact) mass is 172 g/mol. The second-order valence-corrected chi connectivity index (χ2v) is 4.08. The van der Waals surface area contributed by atoms with Crippen LogP contribution in [0.3, 0.4) is 0 Å². The summed E-state index contributed by atoms with van der Waals surface area (Å²) in [4.78, 5) is 2.12. The molecule has 3 heteroatoms. The Hall–Kier alpha value is -0.180. The number of thioether (sulfide) groups is 1. The minimum absolute atomic E-state index is 0.632. The quantitative estimate of drug-likeness (QED) is 0.508. The summed E-state index contributed by atoms with van der Waals surface area (Å²) in [6.45, 7) is 2.04. The van der Waals surface area contributed by atoms with Crippen molar-refractivity contribution in [3.8, 4) is 0 Å². The van der Waals surface area contributed by atoms with Crippen LogP contribution in [0.1, 0.15) is 19.8 Å². The van der Waals surface area contributed by atoms with E-state index in [1.54, 1.807) is 0 Å². The number of nitrogens with zero attached hydrogens (tertiary/aromatic N) is 1. The average molecular weight is 172 g/mol. The summed E-state index contributed by atoms with van der Waals surface area (Å²) in [5.74, 6) is 3.25. The lowest BCUT2D eigenvalue weighted by molar-refractivity contribution is 0.388. The lowest BCUT2D eigenvalue weighted by Crippen LogP contribution is -2.35. The second-order valence-electron chi connectivity index (χ2n) is 2.93. The molecule has 1 unspecified atom stereocenters. The van der Waals surface area contributed by atoms with Gasteiger partial charge >= 0.3 is 0 Å². The van der Waals surface area contributed by atoms with Crippen LogP contribution in [0, 0.1) is 5.41 Å². The van der Waals surface area contributed by atoms with Gasteiger partial charge < -0.3 is 4.90 Å². The van der Waals surface area contributed by atoms with Crippen LogP contribution in [0.5, 0.6) is 0 Å². The van der Waals surface area contributed by atoms with E-state index in [4.69, 9.17) is 5.41 Å². The molecule has 2 nitrogen and oxygen atoms in total. The van der Waals surface area contributed by atoms with Gasteiger partial charge in [-0.3, -0.25) is 5.41 Å². The molecule has 1 saturated heterocycles. The van der Waals surface area contributed by atoms with Gasteiger partial charge in [-0.15, -0.1) is 0 Å². The van der Waals surface area contributed by atoms with E-state index in [0.717, 1.165) is 12.3 Å². The van der Waals surface area contributed by atoms with E-state index in [-0.39, 0.29) is 0 Å². The molecule has 0 aromatic carbocycles. The Balaban J connectivity index is 2.39. The number of hydrogen-bond acceptors (Lipinski definition) is 2. The third kappa shape index (κ3) is 2.12. The van der Waals surface area contributed by atoms with Crippen molar-refractivity contribution in [1.29, 1.82) is 5.41 Å². The maximum Gasteiger partial charge on any atom is 0.0955 e. The van der Waals surface area contributed by atoms with Gasteiger partial charge in [0.05, 0.1) is 5.84 Å². The molecule has 0 aliphatic carbocycles. The fraction of sp³-hybridized carbons (Fsp3) is 0.875. The molecule has 0 radical (unpaired) electrons. The fourth-order valence-corrected chi connectivity index (χ4v) is 2.57. The Morgan fingerprint density at radius 3 is 2.91 bits per heavy atom. The van der Waals surface area contributed by atoms with Crippen molar-refractivity contribution in [2.75, 3.05) is 18.6 Å². The Labute approximate surface area is 72.9 Å². The molecular formula is C8H16N2S. The van der Waals surface area contributed by atoms with Gasteiger partial charge in [0.15, 0.2) is 0 Å². The third-order valence-corrected chi connectivity index (χ3v) is 3.36. The summed E-state index contributed by atoms with van der Waals surface area (Å²) in [5, 5.41) is 7.62. The second kappa shape index (κ2) is 4.00. The van der Waals surface area contributed by atoms with Gasteiger partial charge in [-0.1, -0.05) is 6.92 Å². The minimum Gasteiger partial charge on any atom is -0.360 e. The van der Waals surface area contributed by atoms with E-state index in [2.05, 4.69) is 4.90 Å². The largest absolute Gasteiger partial charge is 0.360 e. The molecule has 1 fully saturated rings. The topological polar surface area (TPSA) is 27.1 Å². The van der Waals surface area contributed by atoms with Gasteiger partial charge in [-0.05, 0) is 12.2 Å². The van der Waals surface area contributed by atoms with E-state index >= 15 is 0 Å². The van der Waals surface area contributed by atoms with E-state index in [0.29, 0.717) is 6.04 Å². The van der Waals surface area contributed by atoms with E-state index in [1.807, 2.05) is 25.7 Å². The molecule has 64 valence electrons. The first-order chi connectivity index (χ1) is 5.25. The highest BCUT2D eigenvalue weighted by Gasteiger charge is 2.20. The van der Waals surface area contributed by atoms with E-state index < -0.39 is 0 Å². The van der Waals surface area contributed by atoms with Crippen molar-refractivity contribution >= 4 is 17.6 Å². The Morgan fingerprint density at radius 1 is 1.73 bits per heavy atom. The molecule has 0 bridgehead atoms. The highest BCUT2D eigenvalue weighted by Crippen LogP contribution is 2.21. The van der Waals surface area contributed by atoms with Crippen molar-refractivity contribution in [3.63, 3.8) is 0 Å². The molecule has 11 heavy (non-hydrogen) atoms. The van der Waals surface area contributed by atoms with Crippen LogP contribution < -0.4 is 0 Å². The summed E-state index contributed by atoms with van der Waals surface area (Å²) in [7, 11) is 2.04. The molecule has 0 aromatic heterocycles. The molecule has 0 spiro atoms. The molecule has 1 aliphatic heterocycles. The zero-order chi connectivity index (χ0) is 8.27. The molecule has 1 N–H and O–H groups in total. The predicted octanol–water partition coefficient (Wildman–Crippen LogP) is 1.81. The van der Waals surface area contributed by atoms with Gasteiger partial charge in [-0.25, -0.2) is 0 Å². The standard InChI is InChI=1S/C8H16N2S/c1-3-8(9)10(2)7-4-5-11-6-7/h7,9H,3-6H2,1-2H3. The zero-order valence-corrected chi connectivity index (χ0v) is 8.08. The summed E-state index contributed by atoms with van der Waals surface area (Å²) in [6.07, 6.45) is 2.11. The molecule has 0 amide bonds. The van der Waals surface area contributed by atoms with Crippen molar-refractivity contribution in [3.05, 3.63) is 0 Å². The number of hydrogen-bond donors (Lipinski definition) is 1. The summed E-state index contributed by atoms with van der Waals surface area (Å²) in [6, 6.07) is 0.632. The van der Waals surface area contributed by atoms with Gasteiger partial charge in [0.25, 0.3) is 0 Å². The summed E-state index contributed by atoms with van der Waals surface area (Å²) < 4.78 is 0. The summed E-state index contributed by atoms with van der Waals surface area (Å²) >= 11 is 2.00. The van der Waals surface area contributed by atoms with Crippen LogP contribution in [0.25, 0.3) is 0 Å². The average Bonchev–Trinajstić information content (AvgIpc) is 2.53. The predicted molar refractivity (Wildman–Crippen MR) is 51.5 cm³/mol. The van der Waals surface area contributed by atoms with Crippen molar-refractivity contribution < 1.29 is 0 Å². The smallest absolute Gasteiger partial charge is 0.0955 e. The first-order valence-electron chi connectivity index (χ1n) is 4.13. The Kier molecular flexibility index (Phi) is 3.24. The molecule has 1 aliphatic rings. The van der Waals surface area contributed by atoms with Gasteiger partial charge in [0.2, 0.25) is 0 Å². The Bertz CT molecular complexity index is 141. The van der Waals surface area contributed by atoms with Crippen LogP contribution in [-0.2, 0) is 0 Å². The zero-order valence-electron chi connectivity index (χ0n) is 7.26. The van der Waals surface area contributed by atoms with Gasteiger partial charge in [0, 0.05) is 25.3 Å². The van der Waals surface area contributed by atoms with Crippen molar-refractivity contribution in [2.24, 2.45) is 0 Å². The molecule has 0 saturated carbocycles. The molecule has 1 heterocycles. The van der Waals surface area contributed by atoms with Crippen molar-refractivity contribution in [2.45, 2.75) is 25.8 Å². The maximum absolute atomic E-state index is 7.62. The molecule has 0 aromatic rings. The van der Waals surface area contributed by atoms with E-state index in [9.17, 15) is 0 Å². The van der Waals surface area contributed by atoms with Gasteiger partial charge in [-0.2, -0.15) is 11.8 Å². The number of rotatable bonds is 2. The van der Waals surface area contributed by atoms with Crippen LogP contribution in [-0.4, -0.2) is 35.3 Å². The molecule has 1 rings (SSSR count). The first-order valence-corrected chi connectivity index (χ1v) is 5.29. The van der Waals surface area contributed by atoms with Crippen LogP contribution in [0.2, 0.25) is 0 Å². The first kappa shape index (κ1) is 8.91. The van der Waals surface area contributed by atoms with Crippen molar-refractivity contribution in [1.82, 2.24) is 4.90 Å². The van der Waals surface area contributed by atoms with Crippen LogP contribution in [0.15, 0.2) is 0 Å². The Morgan fingerprint density at radius 2 is 2.45 bits per heavy atom. The normalized spacial score (nSPS) is 23.6. The van der Waals surface area contributed by atoms with Crippen LogP contribution in [0.4, 0.5) is 0 Å². The van der Waals surface area contributed by atoms with E-state index in [1.165, 1.54) is 17.9 Å². The minimum atomic E-state index is 0.632. The molecular weight excluding hydrogens is 156 g/mol. The van der Waals surface area contributed by atoms with Gasteiger partial charge in [0.1, 0.15) is 0 Å². The summed E-state index contributed by atoms with van der Waals surface area (Å²) in [5.41, 5.74) is 0. The SMILES string of the molecule is CCC(=N)N(C)C1CCSC1. The third-order valence-electron chi connectivity index (χ3n) is 2.21. The fourth-order valence-electron chi connectivity index (χ4n) is 1.30. The number of amidine groups is 1. The lowest BCUT2D eigenvalue weighted by atomic mass is 10.2. The maximum atomic E-state index is 7.62. The highest BCUT2D eigenvalue weighted by molar-refractivity contribution is 7.99.